The Bertz CT molecular complexity index is 381. The van der Waals surface area contributed by atoms with Crippen LogP contribution in [0.2, 0.25) is 0 Å². The minimum absolute atomic E-state index is 0.193. The van der Waals surface area contributed by atoms with Gasteiger partial charge in [-0.3, -0.25) is 0 Å². The third-order valence-corrected chi connectivity index (χ3v) is 4.09. The minimum Gasteiger partial charge on any atom is -0.472 e. The molecular weight excluding hydrogens is 226 g/mol. The predicted molar refractivity (Wildman–Crippen MR) is 63.9 cm³/mol. The van der Waals surface area contributed by atoms with E-state index >= 15 is 0 Å². The van der Waals surface area contributed by atoms with Gasteiger partial charge in [-0.1, -0.05) is 13.8 Å². The number of furan rings is 1. The first kappa shape index (κ1) is 13.3. The van der Waals surface area contributed by atoms with Gasteiger partial charge in [0, 0.05) is 18.7 Å². The molecule has 0 saturated heterocycles. The largest absolute Gasteiger partial charge is 0.472 e. The monoisotopic (exact) mass is 245 g/mol. The maximum Gasteiger partial charge on any atom is 0.151 e. The Labute approximate surface area is 97.0 Å². The van der Waals surface area contributed by atoms with Crippen molar-refractivity contribution in [2.45, 2.75) is 20.4 Å². The molecule has 16 heavy (non-hydrogen) atoms. The number of nitrogens with one attached hydrogen (secondary N) is 1. The van der Waals surface area contributed by atoms with Crippen LogP contribution in [0.3, 0.4) is 0 Å². The number of rotatable bonds is 7. The highest BCUT2D eigenvalue weighted by atomic mass is 32.2. The highest BCUT2D eigenvalue weighted by Gasteiger charge is 2.12. The van der Waals surface area contributed by atoms with Crippen LogP contribution >= 0.6 is 0 Å². The molecule has 0 spiro atoms. The summed E-state index contributed by atoms with van der Waals surface area (Å²) in [5, 5.41) is 3.08. The molecule has 0 amide bonds. The maximum absolute atomic E-state index is 11.5. The van der Waals surface area contributed by atoms with Gasteiger partial charge < -0.3 is 9.73 Å². The van der Waals surface area contributed by atoms with Crippen LogP contribution in [0.25, 0.3) is 0 Å². The average Bonchev–Trinajstić information content (AvgIpc) is 2.62. The molecule has 0 aromatic carbocycles. The van der Waals surface area contributed by atoms with E-state index in [1.165, 1.54) is 0 Å². The SMILES string of the molecule is CC(C)CS(=O)(=O)CCNCc1ccoc1. The van der Waals surface area contributed by atoms with Crippen molar-refractivity contribution in [1.29, 1.82) is 0 Å². The van der Waals surface area contributed by atoms with Crippen LogP contribution in [0.5, 0.6) is 0 Å². The number of hydrogen-bond donors (Lipinski definition) is 1. The van der Waals surface area contributed by atoms with Crippen molar-refractivity contribution in [1.82, 2.24) is 5.32 Å². The smallest absolute Gasteiger partial charge is 0.151 e. The Morgan fingerprint density at radius 1 is 1.44 bits per heavy atom. The van der Waals surface area contributed by atoms with Crippen molar-refractivity contribution in [3.05, 3.63) is 24.2 Å². The molecule has 1 aromatic heterocycles. The van der Waals surface area contributed by atoms with Gasteiger partial charge in [-0.15, -0.1) is 0 Å². The molecule has 1 heterocycles. The first-order valence-electron chi connectivity index (χ1n) is 5.42. The first-order chi connectivity index (χ1) is 7.49. The molecule has 92 valence electrons. The molecule has 0 aliphatic heterocycles. The van der Waals surface area contributed by atoms with E-state index in [4.69, 9.17) is 4.42 Å². The van der Waals surface area contributed by atoms with E-state index in [0.29, 0.717) is 13.1 Å². The van der Waals surface area contributed by atoms with E-state index in [9.17, 15) is 8.42 Å². The summed E-state index contributed by atoms with van der Waals surface area (Å²) >= 11 is 0. The van der Waals surface area contributed by atoms with E-state index in [1.807, 2.05) is 19.9 Å². The van der Waals surface area contributed by atoms with E-state index in [-0.39, 0.29) is 17.4 Å². The van der Waals surface area contributed by atoms with Crippen LogP contribution in [0, 0.1) is 5.92 Å². The van der Waals surface area contributed by atoms with Gasteiger partial charge in [-0.05, 0) is 12.0 Å². The van der Waals surface area contributed by atoms with E-state index in [1.54, 1.807) is 12.5 Å². The molecule has 0 unspecified atom stereocenters. The fourth-order valence-corrected chi connectivity index (χ4v) is 3.08. The van der Waals surface area contributed by atoms with Gasteiger partial charge in [0.05, 0.1) is 24.0 Å². The highest BCUT2D eigenvalue weighted by Crippen LogP contribution is 2.01. The summed E-state index contributed by atoms with van der Waals surface area (Å²) in [6.07, 6.45) is 3.25. The van der Waals surface area contributed by atoms with Gasteiger partial charge in [-0.2, -0.15) is 0 Å². The van der Waals surface area contributed by atoms with Gasteiger partial charge in [0.15, 0.2) is 9.84 Å². The number of hydrogen-bond acceptors (Lipinski definition) is 4. The van der Waals surface area contributed by atoms with Crippen molar-refractivity contribution in [3.8, 4) is 0 Å². The van der Waals surface area contributed by atoms with Crippen LogP contribution in [0.4, 0.5) is 0 Å². The lowest BCUT2D eigenvalue weighted by Gasteiger charge is -2.07. The highest BCUT2D eigenvalue weighted by molar-refractivity contribution is 7.91. The number of sulfone groups is 1. The molecule has 4 nitrogen and oxygen atoms in total. The second kappa shape index (κ2) is 6.06. The van der Waals surface area contributed by atoms with Crippen molar-refractivity contribution in [2.75, 3.05) is 18.1 Å². The van der Waals surface area contributed by atoms with Gasteiger partial charge in [0.25, 0.3) is 0 Å². The van der Waals surface area contributed by atoms with Crippen LogP contribution in [-0.4, -0.2) is 26.5 Å². The Balaban J connectivity index is 2.20. The Morgan fingerprint density at radius 3 is 2.75 bits per heavy atom. The Kier molecular flexibility index (Phi) is 5.02. The quantitative estimate of drug-likeness (QED) is 0.738. The van der Waals surface area contributed by atoms with Gasteiger partial charge in [0.2, 0.25) is 0 Å². The van der Waals surface area contributed by atoms with Gasteiger partial charge >= 0.3 is 0 Å². The molecule has 1 aromatic rings. The summed E-state index contributed by atoms with van der Waals surface area (Å²) in [5.41, 5.74) is 1.03. The topological polar surface area (TPSA) is 59.3 Å². The Hall–Kier alpha value is -0.810. The lowest BCUT2D eigenvalue weighted by molar-refractivity contribution is 0.560. The fraction of sp³-hybridized carbons (Fsp3) is 0.636. The standard InChI is InChI=1S/C11H19NO3S/c1-10(2)9-16(13,14)6-4-12-7-11-3-5-15-8-11/h3,5,8,10,12H,4,6-7,9H2,1-2H3. The van der Waals surface area contributed by atoms with Crippen molar-refractivity contribution < 1.29 is 12.8 Å². The molecular formula is C11H19NO3S. The molecule has 0 aliphatic carbocycles. The zero-order valence-corrected chi connectivity index (χ0v) is 10.6. The summed E-state index contributed by atoms with van der Waals surface area (Å²) in [6.45, 7) is 4.96. The lowest BCUT2D eigenvalue weighted by Crippen LogP contribution is -2.25. The zero-order chi connectivity index (χ0) is 12.0. The molecule has 0 radical (unpaired) electrons. The molecule has 0 saturated carbocycles. The summed E-state index contributed by atoms with van der Waals surface area (Å²) in [6, 6.07) is 1.86. The van der Waals surface area contributed by atoms with Crippen LogP contribution in [0.15, 0.2) is 23.0 Å². The molecule has 0 bridgehead atoms. The molecule has 5 heteroatoms. The lowest BCUT2D eigenvalue weighted by atomic mass is 10.3. The third-order valence-electron chi connectivity index (χ3n) is 2.09. The second-order valence-corrected chi connectivity index (χ2v) is 6.55. The molecule has 1 rings (SSSR count). The average molecular weight is 245 g/mol. The summed E-state index contributed by atoms with van der Waals surface area (Å²) in [5.74, 6) is 0.655. The summed E-state index contributed by atoms with van der Waals surface area (Å²) in [7, 11) is -2.91. The second-order valence-electron chi connectivity index (χ2n) is 4.32. The summed E-state index contributed by atoms with van der Waals surface area (Å²) in [4.78, 5) is 0. The van der Waals surface area contributed by atoms with Gasteiger partial charge in [0.1, 0.15) is 0 Å². The zero-order valence-electron chi connectivity index (χ0n) is 9.77. The van der Waals surface area contributed by atoms with E-state index < -0.39 is 9.84 Å². The summed E-state index contributed by atoms with van der Waals surface area (Å²) < 4.78 is 28.0. The van der Waals surface area contributed by atoms with E-state index in [2.05, 4.69) is 5.32 Å². The normalized spacial score (nSPS) is 12.2. The maximum atomic E-state index is 11.5. The first-order valence-corrected chi connectivity index (χ1v) is 7.24. The molecule has 0 atom stereocenters. The third kappa shape index (κ3) is 5.32. The van der Waals surface area contributed by atoms with Crippen molar-refractivity contribution in [2.24, 2.45) is 5.92 Å². The predicted octanol–water partition coefficient (Wildman–Crippen LogP) is 1.44. The van der Waals surface area contributed by atoms with Crippen LogP contribution in [0.1, 0.15) is 19.4 Å². The molecule has 0 fully saturated rings. The Morgan fingerprint density at radius 2 is 2.19 bits per heavy atom. The van der Waals surface area contributed by atoms with Crippen LogP contribution in [-0.2, 0) is 16.4 Å². The molecule has 0 aliphatic rings. The van der Waals surface area contributed by atoms with Crippen LogP contribution < -0.4 is 5.32 Å². The van der Waals surface area contributed by atoms with E-state index in [0.717, 1.165) is 5.56 Å². The van der Waals surface area contributed by atoms with Crippen molar-refractivity contribution in [3.63, 3.8) is 0 Å². The molecule has 1 N–H and O–H groups in total. The van der Waals surface area contributed by atoms with Crippen molar-refractivity contribution >= 4 is 9.84 Å². The minimum atomic E-state index is -2.91. The van der Waals surface area contributed by atoms with Gasteiger partial charge in [-0.25, -0.2) is 8.42 Å². The fourth-order valence-electron chi connectivity index (χ4n) is 1.44.